The molecule has 0 spiro atoms. The van der Waals surface area contributed by atoms with Crippen LogP contribution < -0.4 is 10.3 Å². The number of piperidine rings is 1. The highest BCUT2D eigenvalue weighted by Gasteiger charge is 2.49. The fraction of sp³-hybridized carbons (Fsp3) is 0.636. The van der Waals surface area contributed by atoms with E-state index in [1.807, 2.05) is 24.3 Å². The summed E-state index contributed by atoms with van der Waals surface area (Å²) in [6, 6.07) is 6.88. The number of carbonyl (C=O) groups is 1. The summed E-state index contributed by atoms with van der Waals surface area (Å²) in [4.78, 5) is 11.8. The van der Waals surface area contributed by atoms with Crippen molar-refractivity contribution in [3.05, 3.63) is 29.8 Å². The van der Waals surface area contributed by atoms with Gasteiger partial charge in [0.1, 0.15) is 5.71 Å². The van der Waals surface area contributed by atoms with E-state index in [9.17, 15) is 18.0 Å². The van der Waals surface area contributed by atoms with E-state index in [0.717, 1.165) is 19.5 Å². The summed E-state index contributed by atoms with van der Waals surface area (Å²) in [7, 11) is 1.24. The summed E-state index contributed by atoms with van der Waals surface area (Å²) in [6.07, 6.45) is -1.14. The molecular weight excluding hydrogens is 395 g/mol. The Bertz CT molecular complexity index is 793. The van der Waals surface area contributed by atoms with Crippen LogP contribution in [0.25, 0.3) is 0 Å². The molecule has 1 N–H and O–H groups in total. The third kappa shape index (κ3) is 4.06. The number of carbonyl (C=O) groups excluding carboxylic acids is 1. The lowest BCUT2D eigenvalue weighted by atomic mass is 9.81. The highest BCUT2D eigenvalue weighted by atomic mass is 19.4. The van der Waals surface area contributed by atoms with Crippen molar-refractivity contribution in [2.75, 3.05) is 25.2 Å². The minimum Gasteiger partial charge on any atom is -0.469 e. The number of anilines is 1. The molecule has 1 saturated carbocycles. The van der Waals surface area contributed by atoms with Crippen molar-refractivity contribution in [3.63, 3.8) is 0 Å². The molecule has 5 nitrogen and oxygen atoms in total. The van der Waals surface area contributed by atoms with Gasteiger partial charge in [0.2, 0.25) is 0 Å². The number of hydrogen-bond donors (Lipinski definition) is 1. The zero-order valence-corrected chi connectivity index (χ0v) is 17.3. The van der Waals surface area contributed by atoms with Crippen LogP contribution in [0.3, 0.4) is 0 Å². The van der Waals surface area contributed by atoms with Gasteiger partial charge in [0.25, 0.3) is 0 Å². The minimum absolute atomic E-state index is 0.152. The molecule has 4 rings (SSSR count). The number of benzene rings is 1. The standard InChI is InChI=1S/C22H28F3N3O2/c1-13-19(10-20(29)30-2)28(27-21(13)22(23,24)25)17-7-3-14(4-8-17)9-18-15-5-6-16(18)12-26-11-15/h3-4,7-8,13,15-16,18-19,26H,5-6,9-12H2,1-2H3/t13-,15-,16+,18-,19-/m0/s1. The maximum absolute atomic E-state index is 13.4. The predicted octanol–water partition coefficient (Wildman–Crippen LogP) is 3.78. The monoisotopic (exact) mass is 423 g/mol. The molecule has 2 aliphatic heterocycles. The number of hydrogen-bond acceptors (Lipinski definition) is 5. The first kappa shape index (κ1) is 21.2. The summed E-state index contributed by atoms with van der Waals surface area (Å²) in [6.45, 7) is 3.62. The molecule has 164 valence electrons. The number of methoxy groups -OCH3 is 1. The minimum atomic E-state index is -4.53. The fourth-order valence-corrected chi connectivity index (χ4v) is 5.35. The van der Waals surface area contributed by atoms with Crippen molar-refractivity contribution in [2.45, 2.75) is 44.8 Å². The number of halogens is 3. The average Bonchev–Trinajstić information content (AvgIpc) is 3.13. The van der Waals surface area contributed by atoms with Gasteiger partial charge in [0.05, 0.1) is 25.3 Å². The number of ether oxygens (including phenoxy) is 1. The van der Waals surface area contributed by atoms with E-state index in [-0.39, 0.29) is 6.42 Å². The van der Waals surface area contributed by atoms with E-state index >= 15 is 0 Å². The van der Waals surface area contributed by atoms with Crippen molar-refractivity contribution >= 4 is 17.4 Å². The van der Waals surface area contributed by atoms with E-state index in [1.54, 1.807) is 0 Å². The van der Waals surface area contributed by atoms with Crippen molar-refractivity contribution < 1.29 is 22.7 Å². The maximum Gasteiger partial charge on any atom is 0.431 e. The van der Waals surface area contributed by atoms with Crippen LogP contribution >= 0.6 is 0 Å². The first-order valence-electron chi connectivity index (χ1n) is 10.6. The molecule has 30 heavy (non-hydrogen) atoms. The normalized spacial score (nSPS) is 31.0. The number of rotatable bonds is 5. The zero-order valence-electron chi connectivity index (χ0n) is 17.3. The average molecular weight is 423 g/mol. The number of esters is 1. The van der Waals surface area contributed by atoms with Gasteiger partial charge in [0, 0.05) is 5.92 Å². The largest absolute Gasteiger partial charge is 0.469 e. The highest BCUT2D eigenvalue weighted by molar-refractivity contribution is 5.96. The molecule has 1 aromatic carbocycles. The number of fused-ring (bicyclic) bond motifs is 2. The van der Waals surface area contributed by atoms with Gasteiger partial charge in [-0.2, -0.15) is 18.3 Å². The van der Waals surface area contributed by atoms with E-state index in [1.165, 1.54) is 37.4 Å². The summed E-state index contributed by atoms with van der Waals surface area (Å²) in [5.41, 5.74) is 0.901. The lowest BCUT2D eigenvalue weighted by molar-refractivity contribution is -0.141. The molecule has 2 heterocycles. The van der Waals surface area contributed by atoms with Crippen molar-refractivity contribution in [1.82, 2.24) is 5.32 Å². The SMILES string of the molecule is COC(=O)C[C@H]1[C@H](C)C(C(F)(F)F)=NN1c1ccc(C[C@@H]2[C@@H]3CC[C@H]2CNC3)cc1. The van der Waals surface area contributed by atoms with Gasteiger partial charge in [-0.15, -0.1) is 0 Å². The topological polar surface area (TPSA) is 53.9 Å². The number of alkyl halides is 3. The second kappa shape index (κ2) is 8.21. The molecule has 3 aliphatic rings. The first-order chi connectivity index (χ1) is 14.3. The molecule has 2 bridgehead atoms. The number of nitrogens with one attached hydrogen (secondary N) is 1. The van der Waals surface area contributed by atoms with Crippen LogP contribution in [0.2, 0.25) is 0 Å². The van der Waals surface area contributed by atoms with E-state index < -0.39 is 29.8 Å². The molecule has 1 aliphatic carbocycles. The summed E-state index contributed by atoms with van der Waals surface area (Å²) < 4.78 is 44.9. The van der Waals surface area contributed by atoms with Crippen LogP contribution in [0.5, 0.6) is 0 Å². The predicted molar refractivity (Wildman–Crippen MR) is 108 cm³/mol. The summed E-state index contributed by atoms with van der Waals surface area (Å²) in [5.74, 6) is 0.630. The zero-order chi connectivity index (χ0) is 21.5. The van der Waals surface area contributed by atoms with Crippen LogP contribution in [0.4, 0.5) is 18.9 Å². The lowest BCUT2D eigenvalue weighted by Crippen LogP contribution is -2.39. The van der Waals surface area contributed by atoms with Crippen LogP contribution in [-0.2, 0) is 16.0 Å². The Labute approximate surface area is 174 Å². The molecule has 0 radical (unpaired) electrons. The Morgan fingerprint density at radius 2 is 1.83 bits per heavy atom. The highest BCUT2D eigenvalue weighted by Crippen LogP contribution is 2.41. The smallest absolute Gasteiger partial charge is 0.431 e. The van der Waals surface area contributed by atoms with Gasteiger partial charge in [-0.3, -0.25) is 9.80 Å². The summed E-state index contributed by atoms with van der Waals surface area (Å²) in [5, 5.41) is 8.71. The Hall–Kier alpha value is -2.09. The van der Waals surface area contributed by atoms with Gasteiger partial charge < -0.3 is 10.1 Å². The van der Waals surface area contributed by atoms with Gasteiger partial charge in [-0.05, 0) is 67.8 Å². The Balaban J connectivity index is 1.53. The molecule has 5 atom stereocenters. The van der Waals surface area contributed by atoms with Crippen LogP contribution in [-0.4, -0.2) is 44.1 Å². The van der Waals surface area contributed by atoms with Gasteiger partial charge in [-0.25, -0.2) is 0 Å². The number of nitrogens with zero attached hydrogens (tertiary/aromatic N) is 2. The third-order valence-corrected chi connectivity index (χ3v) is 7.04. The Morgan fingerprint density at radius 1 is 1.20 bits per heavy atom. The second-order valence-electron chi connectivity index (χ2n) is 8.75. The second-order valence-corrected chi connectivity index (χ2v) is 8.75. The van der Waals surface area contributed by atoms with Crippen LogP contribution in [0.1, 0.15) is 31.7 Å². The Kier molecular flexibility index (Phi) is 5.79. The first-order valence-corrected chi connectivity index (χ1v) is 10.6. The molecule has 1 saturated heterocycles. The van der Waals surface area contributed by atoms with Gasteiger partial charge >= 0.3 is 12.1 Å². The fourth-order valence-electron chi connectivity index (χ4n) is 5.35. The lowest BCUT2D eigenvalue weighted by Gasteiger charge is -2.31. The molecule has 1 aromatic rings. The van der Waals surface area contributed by atoms with E-state index in [0.29, 0.717) is 23.4 Å². The Morgan fingerprint density at radius 3 is 2.40 bits per heavy atom. The molecule has 2 fully saturated rings. The van der Waals surface area contributed by atoms with Crippen molar-refractivity contribution in [2.24, 2.45) is 28.8 Å². The van der Waals surface area contributed by atoms with Crippen molar-refractivity contribution in [3.8, 4) is 0 Å². The van der Waals surface area contributed by atoms with Gasteiger partial charge in [0.15, 0.2) is 0 Å². The maximum atomic E-state index is 13.4. The van der Waals surface area contributed by atoms with Crippen LogP contribution in [0.15, 0.2) is 29.4 Å². The van der Waals surface area contributed by atoms with Crippen molar-refractivity contribution in [1.29, 1.82) is 0 Å². The molecule has 0 aromatic heterocycles. The van der Waals surface area contributed by atoms with Crippen LogP contribution in [0, 0.1) is 23.7 Å². The third-order valence-electron chi connectivity index (χ3n) is 7.04. The summed E-state index contributed by atoms with van der Waals surface area (Å²) >= 11 is 0. The molecule has 0 amide bonds. The molecule has 8 heteroatoms. The van der Waals surface area contributed by atoms with E-state index in [2.05, 4.69) is 10.4 Å². The number of hydrazone groups is 1. The molecule has 0 unspecified atom stereocenters. The van der Waals surface area contributed by atoms with Gasteiger partial charge in [-0.1, -0.05) is 19.1 Å². The molecular formula is C22H28F3N3O2. The quantitative estimate of drug-likeness (QED) is 0.733. The van der Waals surface area contributed by atoms with E-state index in [4.69, 9.17) is 4.74 Å².